The molecule has 0 radical (unpaired) electrons. The number of nitrogens with zero attached hydrogens (tertiary/aromatic N) is 2. The van der Waals surface area contributed by atoms with Crippen molar-refractivity contribution in [3.05, 3.63) is 29.6 Å². The Labute approximate surface area is 114 Å². The molecule has 0 atom stereocenters. The molecule has 0 saturated heterocycles. The summed E-state index contributed by atoms with van der Waals surface area (Å²) in [6, 6.07) is 1.42. The summed E-state index contributed by atoms with van der Waals surface area (Å²) in [7, 11) is 1.31. The van der Waals surface area contributed by atoms with Crippen molar-refractivity contribution in [1.82, 2.24) is 9.88 Å². The van der Waals surface area contributed by atoms with Crippen LogP contribution in [0.1, 0.15) is 22.3 Å². The molecule has 0 bridgehead atoms. The van der Waals surface area contributed by atoms with E-state index >= 15 is 0 Å². The zero-order chi connectivity index (χ0) is 15.2. The molecule has 1 heterocycles. The minimum absolute atomic E-state index is 0.117. The normalized spacial score (nSPS) is 10.7. The van der Waals surface area contributed by atoms with E-state index in [1.165, 1.54) is 25.5 Å². The summed E-state index contributed by atoms with van der Waals surface area (Å²) in [5.74, 6) is 4.73. The van der Waals surface area contributed by atoms with Crippen LogP contribution < -0.4 is 5.73 Å². The highest BCUT2D eigenvalue weighted by Crippen LogP contribution is 2.20. The van der Waals surface area contributed by atoms with Crippen LogP contribution in [0.2, 0.25) is 0 Å². The molecular formula is C13H14F3N3O. The Bertz CT molecular complexity index is 532. The van der Waals surface area contributed by atoms with Crippen LogP contribution in [0.15, 0.2) is 18.5 Å². The third-order valence-electron chi connectivity index (χ3n) is 2.45. The van der Waals surface area contributed by atoms with Crippen molar-refractivity contribution < 1.29 is 18.0 Å². The Morgan fingerprint density at radius 3 is 2.80 bits per heavy atom. The van der Waals surface area contributed by atoms with Crippen molar-refractivity contribution in [3.63, 3.8) is 0 Å². The zero-order valence-corrected chi connectivity index (χ0v) is 10.9. The lowest BCUT2D eigenvalue weighted by Gasteiger charge is -2.18. The number of pyridine rings is 1. The molecule has 1 aromatic heterocycles. The summed E-state index contributed by atoms with van der Waals surface area (Å²) in [4.78, 5) is 16.9. The maximum atomic E-state index is 12.1. The summed E-state index contributed by atoms with van der Waals surface area (Å²) in [6.45, 7) is -0.291. The van der Waals surface area contributed by atoms with Gasteiger partial charge >= 0.3 is 6.18 Å². The Hall–Kier alpha value is -2.07. The number of hydrogen-bond donors (Lipinski definition) is 1. The van der Waals surface area contributed by atoms with Crippen molar-refractivity contribution in [1.29, 1.82) is 0 Å². The summed E-state index contributed by atoms with van der Waals surface area (Å²) in [6.07, 6.45) is -2.58. The monoisotopic (exact) mass is 285 g/mol. The average molecular weight is 285 g/mol. The number of halogens is 3. The molecule has 0 unspecified atom stereocenters. The van der Waals surface area contributed by atoms with Crippen molar-refractivity contribution in [2.24, 2.45) is 5.73 Å². The number of hydrogen-bond acceptors (Lipinski definition) is 3. The summed E-state index contributed by atoms with van der Waals surface area (Å²) in [5.41, 5.74) is 5.81. The first-order chi connectivity index (χ1) is 9.35. The van der Waals surface area contributed by atoms with Gasteiger partial charge in [-0.3, -0.25) is 9.78 Å². The Kier molecular flexibility index (Phi) is 5.53. The lowest BCUT2D eigenvalue weighted by atomic mass is 10.1. The number of amides is 1. The fourth-order valence-electron chi connectivity index (χ4n) is 1.43. The van der Waals surface area contributed by atoms with Crippen molar-refractivity contribution in [2.75, 3.05) is 20.1 Å². The van der Waals surface area contributed by atoms with Crippen LogP contribution in [0.25, 0.3) is 0 Å². The predicted octanol–water partition coefficient (Wildman–Crippen LogP) is 1.42. The molecule has 0 aliphatic heterocycles. The molecule has 1 rings (SSSR count). The number of alkyl halides is 3. The van der Waals surface area contributed by atoms with Gasteiger partial charge in [0.15, 0.2) is 0 Å². The van der Waals surface area contributed by atoms with E-state index in [1.807, 2.05) is 0 Å². The van der Waals surface area contributed by atoms with E-state index in [4.69, 9.17) is 5.73 Å². The van der Waals surface area contributed by atoms with Crippen molar-refractivity contribution in [3.8, 4) is 11.8 Å². The molecule has 0 fully saturated rings. The van der Waals surface area contributed by atoms with E-state index in [0.717, 1.165) is 4.90 Å². The molecule has 1 amide bonds. The molecule has 0 saturated carbocycles. The highest BCUT2D eigenvalue weighted by atomic mass is 19.4. The number of rotatable bonds is 3. The minimum Gasteiger partial charge on any atom is -0.341 e. The Morgan fingerprint density at radius 2 is 2.20 bits per heavy atom. The van der Waals surface area contributed by atoms with Gasteiger partial charge in [0.25, 0.3) is 5.91 Å². The van der Waals surface area contributed by atoms with Gasteiger partial charge in [-0.25, -0.2) is 0 Å². The first kappa shape index (κ1) is 16.0. The minimum atomic E-state index is -4.30. The van der Waals surface area contributed by atoms with Gasteiger partial charge in [0, 0.05) is 26.0 Å². The fourth-order valence-corrected chi connectivity index (χ4v) is 1.43. The summed E-state index contributed by atoms with van der Waals surface area (Å²) < 4.78 is 36.4. The third-order valence-corrected chi connectivity index (χ3v) is 2.45. The lowest BCUT2D eigenvalue weighted by Crippen LogP contribution is -2.31. The van der Waals surface area contributed by atoms with Gasteiger partial charge in [0.05, 0.1) is 24.1 Å². The topological polar surface area (TPSA) is 59.2 Å². The SMILES string of the molecule is CN(CCC(F)(F)F)C(=O)c1ccncc1C#CCN. The molecule has 4 nitrogen and oxygen atoms in total. The first-order valence-electron chi connectivity index (χ1n) is 5.80. The smallest absolute Gasteiger partial charge is 0.341 e. The van der Waals surface area contributed by atoms with Crippen LogP contribution in [0.4, 0.5) is 13.2 Å². The zero-order valence-electron chi connectivity index (χ0n) is 10.9. The maximum absolute atomic E-state index is 12.1. The van der Waals surface area contributed by atoms with Gasteiger partial charge in [0.2, 0.25) is 0 Å². The standard InChI is InChI=1S/C13H14F3N3O/c1-19(8-5-13(14,15)16)12(20)11-4-7-18-9-10(11)3-2-6-17/h4,7,9H,5-6,8,17H2,1H3. The van der Waals surface area contributed by atoms with E-state index in [1.54, 1.807) is 0 Å². The molecule has 0 aliphatic carbocycles. The number of aromatic nitrogens is 1. The van der Waals surface area contributed by atoms with Gasteiger partial charge < -0.3 is 10.6 Å². The predicted molar refractivity (Wildman–Crippen MR) is 67.8 cm³/mol. The van der Waals surface area contributed by atoms with Crippen LogP contribution in [-0.4, -0.2) is 42.1 Å². The van der Waals surface area contributed by atoms with Crippen LogP contribution in [-0.2, 0) is 0 Å². The van der Waals surface area contributed by atoms with Crippen molar-refractivity contribution in [2.45, 2.75) is 12.6 Å². The highest BCUT2D eigenvalue weighted by molar-refractivity contribution is 5.96. The average Bonchev–Trinajstić information content (AvgIpc) is 2.41. The van der Waals surface area contributed by atoms with Crippen LogP contribution in [0.5, 0.6) is 0 Å². The maximum Gasteiger partial charge on any atom is 0.390 e. The second-order valence-electron chi connectivity index (χ2n) is 4.02. The van der Waals surface area contributed by atoms with E-state index in [0.29, 0.717) is 5.56 Å². The van der Waals surface area contributed by atoms with E-state index in [-0.39, 0.29) is 12.1 Å². The van der Waals surface area contributed by atoms with Crippen LogP contribution >= 0.6 is 0 Å². The molecule has 7 heteroatoms. The molecular weight excluding hydrogens is 271 g/mol. The molecule has 2 N–H and O–H groups in total. The first-order valence-corrected chi connectivity index (χ1v) is 5.80. The summed E-state index contributed by atoms with van der Waals surface area (Å²) in [5, 5.41) is 0. The second-order valence-corrected chi connectivity index (χ2v) is 4.02. The van der Waals surface area contributed by atoms with E-state index in [9.17, 15) is 18.0 Å². The molecule has 0 aromatic carbocycles. The molecule has 0 spiro atoms. The number of carbonyl (C=O) groups is 1. The van der Waals surface area contributed by atoms with Crippen molar-refractivity contribution >= 4 is 5.91 Å². The number of carbonyl (C=O) groups excluding carboxylic acids is 1. The van der Waals surface area contributed by atoms with Gasteiger partial charge in [-0.1, -0.05) is 11.8 Å². The van der Waals surface area contributed by atoms with Gasteiger partial charge in [-0.05, 0) is 6.07 Å². The van der Waals surface area contributed by atoms with Gasteiger partial charge in [-0.15, -0.1) is 0 Å². The van der Waals surface area contributed by atoms with Gasteiger partial charge in [-0.2, -0.15) is 13.2 Å². The lowest BCUT2D eigenvalue weighted by molar-refractivity contribution is -0.136. The highest BCUT2D eigenvalue weighted by Gasteiger charge is 2.28. The number of nitrogens with two attached hydrogens (primary N) is 1. The molecule has 1 aromatic rings. The van der Waals surface area contributed by atoms with E-state index < -0.39 is 25.0 Å². The van der Waals surface area contributed by atoms with Crippen LogP contribution in [0.3, 0.4) is 0 Å². The van der Waals surface area contributed by atoms with Crippen LogP contribution in [0, 0.1) is 11.8 Å². The summed E-state index contributed by atoms with van der Waals surface area (Å²) >= 11 is 0. The Balaban J connectivity index is 2.86. The third kappa shape index (κ3) is 4.90. The molecule has 20 heavy (non-hydrogen) atoms. The second kappa shape index (κ2) is 6.91. The quantitative estimate of drug-likeness (QED) is 0.854. The Morgan fingerprint density at radius 1 is 1.50 bits per heavy atom. The largest absolute Gasteiger partial charge is 0.390 e. The molecule has 0 aliphatic rings. The van der Waals surface area contributed by atoms with E-state index in [2.05, 4.69) is 16.8 Å². The molecule has 108 valence electrons. The fraction of sp³-hybridized carbons (Fsp3) is 0.385. The van der Waals surface area contributed by atoms with Gasteiger partial charge in [0.1, 0.15) is 0 Å².